The fraction of sp³-hybridized carbons (Fsp3) is 0.538. The van der Waals surface area contributed by atoms with Gasteiger partial charge in [-0.3, -0.25) is 9.88 Å². The van der Waals surface area contributed by atoms with Crippen molar-refractivity contribution in [1.29, 1.82) is 0 Å². The number of thioether (sulfide) groups is 1. The Morgan fingerprint density at radius 3 is 3.06 bits per heavy atom. The van der Waals surface area contributed by atoms with Gasteiger partial charge in [0.2, 0.25) is 0 Å². The van der Waals surface area contributed by atoms with Crippen molar-refractivity contribution in [1.82, 2.24) is 9.88 Å². The van der Waals surface area contributed by atoms with Crippen molar-refractivity contribution in [3.8, 4) is 0 Å². The molecule has 0 aromatic carbocycles. The van der Waals surface area contributed by atoms with Gasteiger partial charge in [-0.25, -0.2) is 0 Å². The van der Waals surface area contributed by atoms with Gasteiger partial charge in [-0.1, -0.05) is 12.2 Å². The molecule has 2 rings (SSSR count). The Labute approximate surface area is 118 Å². The lowest BCUT2D eigenvalue weighted by Gasteiger charge is -2.37. The summed E-state index contributed by atoms with van der Waals surface area (Å²) in [5.41, 5.74) is 7.56. The maximum Gasteiger partial charge on any atom is 0.122 e. The Bertz CT molecular complexity index is 446. The van der Waals surface area contributed by atoms with E-state index >= 15 is 0 Å². The molecule has 18 heavy (non-hydrogen) atoms. The molecule has 0 unspecified atom stereocenters. The minimum absolute atomic E-state index is 0.345. The maximum atomic E-state index is 5.61. The van der Waals surface area contributed by atoms with E-state index in [1.165, 1.54) is 11.3 Å². The van der Waals surface area contributed by atoms with Crippen LogP contribution < -0.4 is 5.73 Å². The van der Waals surface area contributed by atoms with Crippen LogP contribution in [0.3, 0.4) is 0 Å². The van der Waals surface area contributed by atoms with Gasteiger partial charge in [0, 0.05) is 36.3 Å². The summed E-state index contributed by atoms with van der Waals surface area (Å²) in [6.07, 6.45) is 1.79. The number of pyridine rings is 1. The lowest BCUT2D eigenvalue weighted by molar-refractivity contribution is 0.252. The number of nitrogens with two attached hydrogens (primary N) is 1. The molecule has 2 heterocycles. The molecular formula is C13H19N3S2. The average Bonchev–Trinajstić information content (AvgIpc) is 2.28. The maximum absolute atomic E-state index is 5.61. The summed E-state index contributed by atoms with van der Waals surface area (Å²) >= 11 is 7.01. The number of nitrogens with zero attached hydrogens (tertiary/aromatic N) is 2. The highest BCUT2D eigenvalue weighted by atomic mass is 32.2. The highest BCUT2D eigenvalue weighted by molar-refractivity contribution is 8.00. The minimum atomic E-state index is 0.345. The summed E-state index contributed by atoms with van der Waals surface area (Å²) in [5.74, 6) is 1.19. The van der Waals surface area contributed by atoms with Crippen LogP contribution in [0, 0.1) is 0 Å². The lowest BCUT2D eigenvalue weighted by atomic mass is 10.1. The van der Waals surface area contributed by atoms with E-state index < -0.39 is 0 Å². The Kier molecular flexibility index (Phi) is 4.25. The lowest BCUT2D eigenvalue weighted by Crippen LogP contribution is -2.42. The molecule has 1 aromatic heterocycles. The molecule has 1 aliphatic heterocycles. The molecule has 0 aliphatic carbocycles. The Balaban J connectivity index is 2.05. The van der Waals surface area contributed by atoms with Crippen LogP contribution in [0.5, 0.6) is 0 Å². The van der Waals surface area contributed by atoms with Crippen LogP contribution in [0.25, 0.3) is 0 Å². The molecule has 0 bridgehead atoms. The Hall–Kier alpha value is -0.650. The van der Waals surface area contributed by atoms with Gasteiger partial charge in [0.1, 0.15) is 4.99 Å². The van der Waals surface area contributed by atoms with Gasteiger partial charge in [0.25, 0.3) is 0 Å². The molecule has 1 aromatic rings. The first-order valence-electron chi connectivity index (χ1n) is 6.07. The molecule has 0 amide bonds. The van der Waals surface area contributed by atoms with Crippen LogP contribution in [-0.4, -0.2) is 38.5 Å². The van der Waals surface area contributed by atoms with Crippen LogP contribution in [-0.2, 0) is 6.54 Å². The Morgan fingerprint density at radius 2 is 2.39 bits per heavy atom. The van der Waals surface area contributed by atoms with Crippen LogP contribution in [0.1, 0.15) is 25.1 Å². The van der Waals surface area contributed by atoms with Gasteiger partial charge in [-0.15, -0.1) is 0 Å². The number of thiocarbonyl (C=S) groups is 1. The molecule has 1 saturated heterocycles. The average molecular weight is 281 g/mol. The molecular weight excluding hydrogens is 262 g/mol. The summed E-state index contributed by atoms with van der Waals surface area (Å²) in [5, 5.41) is 0. The van der Waals surface area contributed by atoms with E-state index in [1.807, 2.05) is 23.9 Å². The first kappa shape index (κ1) is 13.8. The van der Waals surface area contributed by atoms with Gasteiger partial charge in [0.15, 0.2) is 0 Å². The molecule has 0 saturated carbocycles. The predicted octanol–water partition coefficient (Wildman–Crippen LogP) is 2.04. The van der Waals surface area contributed by atoms with Gasteiger partial charge in [-0.05, 0) is 31.5 Å². The summed E-state index contributed by atoms with van der Waals surface area (Å²) in [7, 11) is 0. The van der Waals surface area contributed by atoms with E-state index in [0.29, 0.717) is 15.4 Å². The van der Waals surface area contributed by atoms with E-state index in [-0.39, 0.29) is 0 Å². The zero-order valence-corrected chi connectivity index (χ0v) is 12.5. The van der Waals surface area contributed by atoms with Gasteiger partial charge < -0.3 is 5.73 Å². The molecule has 2 N–H and O–H groups in total. The van der Waals surface area contributed by atoms with E-state index in [1.54, 1.807) is 6.20 Å². The highest BCUT2D eigenvalue weighted by Gasteiger charge is 2.26. The fourth-order valence-corrected chi connectivity index (χ4v) is 3.50. The number of aromatic nitrogens is 1. The van der Waals surface area contributed by atoms with Gasteiger partial charge in [0.05, 0.1) is 5.69 Å². The molecule has 0 spiro atoms. The number of rotatable bonds is 3. The fourth-order valence-electron chi connectivity index (χ4n) is 2.21. The summed E-state index contributed by atoms with van der Waals surface area (Å²) in [4.78, 5) is 7.02. The highest BCUT2D eigenvalue weighted by Crippen LogP contribution is 2.30. The van der Waals surface area contributed by atoms with Gasteiger partial charge >= 0.3 is 0 Å². The van der Waals surface area contributed by atoms with E-state index in [2.05, 4.69) is 23.7 Å². The van der Waals surface area contributed by atoms with Crippen molar-refractivity contribution < 1.29 is 0 Å². The third kappa shape index (κ3) is 3.67. The van der Waals surface area contributed by atoms with Crippen LogP contribution in [0.2, 0.25) is 0 Å². The molecule has 1 aliphatic rings. The van der Waals surface area contributed by atoms with Crippen molar-refractivity contribution in [2.75, 3.05) is 18.8 Å². The number of hydrogen-bond donors (Lipinski definition) is 1. The third-order valence-electron chi connectivity index (χ3n) is 2.99. The molecule has 98 valence electrons. The Morgan fingerprint density at radius 1 is 1.61 bits per heavy atom. The SMILES string of the molecule is CC1(C)CN(Cc2ccnc(C(N)=S)c2)CCS1. The largest absolute Gasteiger partial charge is 0.388 e. The van der Waals surface area contributed by atoms with Crippen molar-refractivity contribution in [2.24, 2.45) is 5.73 Å². The van der Waals surface area contributed by atoms with Crippen LogP contribution in [0.4, 0.5) is 0 Å². The van der Waals surface area contributed by atoms with Gasteiger partial charge in [-0.2, -0.15) is 11.8 Å². The zero-order valence-electron chi connectivity index (χ0n) is 10.8. The second-order valence-corrected chi connectivity index (χ2v) is 7.47. The molecule has 3 nitrogen and oxygen atoms in total. The second-order valence-electron chi connectivity index (χ2n) is 5.23. The van der Waals surface area contributed by atoms with Crippen molar-refractivity contribution in [3.63, 3.8) is 0 Å². The van der Waals surface area contributed by atoms with Crippen molar-refractivity contribution >= 4 is 29.0 Å². The quantitative estimate of drug-likeness (QED) is 0.859. The summed E-state index contributed by atoms with van der Waals surface area (Å²) in [6.45, 7) is 7.80. The normalized spacial score (nSPS) is 19.7. The summed E-state index contributed by atoms with van der Waals surface area (Å²) < 4.78 is 0.345. The molecule has 0 radical (unpaired) electrons. The zero-order chi connectivity index (χ0) is 13.2. The standard InChI is InChI=1S/C13H19N3S2/c1-13(2)9-16(5-6-18-13)8-10-3-4-15-11(7-10)12(14)17/h3-4,7H,5-6,8-9H2,1-2H3,(H2,14,17). The second kappa shape index (κ2) is 5.55. The monoisotopic (exact) mass is 281 g/mol. The van der Waals surface area contributed by atoms with Crippen molar-refractivity contribution in [2.45, 2.75) is 25.1 Å². The first-order valence-corrected chi connectivity index (χ1v) is 7.47. The van der Waals surface area contributed by atoms with E-state index in [4.69, 9.17) is 18.0 Å². The molecule has 0 atom stereocenters. The van der Waals surface area contributed by atoms with E-state index in [0.717, 1.165) is 19.6 Å². The van der Waals surface area contributed by atoms with Crippen LogP contribution in [0.15, 0.2) is 18.3 Å². The minimum Gasteiger partial charge on any atom is -0.388 e. The van der Waals surface area contributed by atoms with Crippen LogP contribution >= 0.6 is 24.0 Å². The predicted molar refractivity (Wildman–Crippen MR) is 81.9 cm³/mol. The van der Waals surface area contributed by atoms with Crippen molar-refractivity contribution in [3.05, 3.63) is 29.6 Å². The third-order valence-corrected chi connectivity index (χ3v) is 4.49. The topological polar surface area (TPSA) is 42.2 Å². The first-order chi connectivity index (χ1) is 8.46. The number of hydrogen-bond acceptors (Lipinski definition) is 4. The molecule has 1 fully saturated rings. The smallest absolute Gasteiger partial charge is 0.122 e. The van der Waals surface area contributed by atoms with E-state index in [9.17, 15) is 0 Å². The summed E-state index contributed by atoms with van der Waals surface area (Å²) in [6, 6.07) is 4.04. The molecule has 5 heteroatoms.